The van der Waals surface area contributed by atoms with E-state index in [-0.39, 0.29) is 30.2 Å². The lowest BCUT2D eigenvalue weighted by Crippen LogP contribution is -2.55. The molecule has 0 aliphatic carbocycles. The van der Waals surface area contributed by atoms with Crippen LogP contribution in [0.5, 0.6) is 0 Å². The number of esters is 1. The summed E-state index contributed by atoms with van der Waals surface area (Å²) in [4.78, 5) is 55.0. The quantitative estimate of drug-likeness (QED) is 0.249. The van der Waals surface area contributed by atoms with E-state index in [4.69, 9.17) is 13.9 Å². The lowest BCUT2D eigenvalue weighted by atomic mass is 10.0. The van der Waals surface area contributed by atoms with Crippen molar-refractivity contribution in [3.63, 3.8) is 0 Å². The number of hydrogen-bond acceptors (Lipinski definition) is 7. The van der Waals surface area contributed by atoms with Crippen molar-refractivity contribution in [3.8, 4) is 0 Å². The maximum atomic E-state index is 14.1. The highest BCUT2D eigenvalue weighted by Gasteiger charge is 2.47. The van der Waals surface area contributed by atoms with Crippen molar-refractivity contribution in [2.75, 3.05) is 13.2 Å². The average molecular weight is 610 g/mol. The van der Waals surface area contributed by atoms with Crippen LogP contribution < -0.4 is 10.6 Å². The smallest absolute Gasteiger partial charge is 0.408 e. The van der Waals surface area contributed by atoms with Gasteiger partial charge in [-0.2, -0.15) is 0 Å². The van der Waals surface area contributed by atoms with Gasteiger partial charge in [-0.25, -0.2) is 9.59 Å². The number of ether oxygens (including phenoxy) is 2. The van der Waals surface area contributed by atoms with Crippen LogP contribution in [0.15, 0.2) is 12.2 Å². The number of amides is 3. The lowest BCUT2D eigenvalue weighted by molar-refractivity contribution is -0.148. The van der Waals surface area contributed by atoms with Crippen LogP contribution in [0.1, 0.15) is 99.8 Å². The monoisotopic (exact) mass is 609 g/mol. The lowest BCUT2D eigenvalue weighted by Gasteiger charge is -2.38. The van der Waals surface area contributed by atoms with E-state index < -0.39 is 50.0 Å². The first-order valence-corrected chi connectivity index (χ1v) is 18.5. The zero-order valence-corrected chi connectivity index (χ0v) is 28.3. The molecule has 3 amide bonds. The summed E-state index contributed by atoms with van der Waals surface area (Å²) in [6.45, 7) is 18.2. The molecule has 1 fully saturated rings. The van der Waals surface area contributed by atoms with E-state index >= 15 is 0 Å². The zero-order chi connectivity index (χ0) is 31.7. The van der Waals surface area contributed by atoms with E-state index in [1.807, 2.05) is 6.08 Å². The molecule has 2 heterocycles. The first-order chi connectivity index (χ1) is 19.4. The van der Waals surface area contributed by atoms with E-state index in [1.54, 1.807) is 27.7 Å². The molecule has 0 saturated carbocycles. The fourth-order valence-corrected chi connectivity index (χ4v) is 6.28. The Labute approximate surface area is 253 Å². The van der Waals surface area contributed by atoms with Gasteiger partial charge in [0, 0.05) is 13.0 Å². The van der Waals surface area contributed by atoms with Crippen molar-refractivity contribution < 1.29 is 33.1 Å². The van der Waals surface area contributed by atoms with E-state index in [0.717, 1.165) is 25.7 Å². The Hall–Kier alpha value is -2.40. The van der Waals surface area contributed by atoms with Crippen molar-refractivity contribution in [2.45, 2.75) is 148 Å². The molecule has 0 spiro atoms. The molecule has 2 N–H and O–H groups in total. The second-order valence-corrected chi connectivity index (χ2v) is 18.7. The normalized spacial score (nSPS) is 25.4. The van der Waals surface area contributed by atoms with Gasteiger partial charge >= 0.3 is 12.1 Å². The molecule has 0 radical (unpaired) electrons. The first-order valence-electron chi connectivity index (χ1n) is 15.5. The molecule has 10 nitrogen and oxygen atoms in total. The predicted octanol–water partition coefficient (Wildman–Crippen LogP) is 5.22. The number of hydrogen-bond donors (Lipinski definition) is 2. The summed E-state index contributed by atoms with van der Waals surface area (Å²) in [6.07, 6.45) is 8.27. The Balaban J connectivity index is 2.43. The highest BCUT2D eigenvalue weighted by molar-refractivity contribution is 6.74. The molecule has 1 saturated heterocycles. The minimum absolute atomic E-state index is 0.0578. The van der Waals surface area contributed by atoms with Crippen LogP contribution in [-0.4, -0.2) is 80.1 Å². The second-order valence-electron chi connectivity index (χ2n) is 13.9. The molecule has 2 rings (SSSR count). The summed E-state index contributed by atoms with van der Waals surface area (Å²) in [5, 5.41) is 5.60. The maximum Gasteiger partial charge on any atom is 0.408 e. The van der Waals surface area contributed by atoms with Crippen molar-refractivity contribution in [1.82, 2.24) is 15.5 Å². The van der Waals surface area contributed by atoms with Crippen molar-refractivity contribution in [3.05, 3.63) is 12.2 Å². The third kappa shape index (κ3) is 11.0. The molecule has 11 heteroatoms. The topological polar surface area (TPSA) is 123 Å². The molecular formula is C31H55N3O7Si. The highest BCUT2D eigenvalue weighted by Crippen LogP contribution is 2.39. The van der Waals surface area contributed by atoms with Crippen LogP contribution in [0.3, 0.4) is 0 Å². The second kappa shape index (κ2) is 15.4. The van der Waals surface area contributed by atoms with Gasteiger partial charge in [0.1, 0.15) is 23.7 Å². The minimum atomic E-state index is -2.22. The molecule has 4 atom stereocenters. The number of nitrogens with one attached hydrogen (secondary N) is 2. The Kier molecular flexibility index (Phi) is 13.1. The number of fused-ring (bicyclic) bond motifs is 1. The number of alkyl carbamates (subject to hydrolysis) is 1. The average Bonchev–Trinajstić information content (AvgIpc) is 3.26. The fraction of sp³-hybridized carbons (Fsp3) is 0.806. The van der Waals surface area contributed by atoms with Crippen LogP contribution in [0.2, 0.25) is 18.1 Å². The number of carbonyl (C=O) groups is 4. The summed E-state index contributed by atoms with van der Waals surface area (Å²) >= 11 is 0. The van der Waals surface area contributed by atoms with Crippen LogP contribution in [0.4, 0.5) is 4.79 Å². The third-order valence-electron chi connectivity index (χ3n) is 8.14. The number of allylic oxidation sites excluding steroid dienone is 2. The largest absolute Gasteiger partial charge is 0.464 e. The molecule has 0 aromatic heterocycles. The number of carbonyl (C=O) groups excluding carboxylic acids is 4. The Bertz CT molecular complexity index is 971. The summed E-state index contributed by atoms with van der Waals surface area (Å²) in [5.74, 6) is -1.26. The summed E-state index contributed by atoms with van der Waals surface area (Å²) in [5.41, 5.74) is -0.724. The van der Waals surface area contributed by atoms with Gasteiger partial charge in [-0.15, -0.1) is 0 Å². The molecule has 4 unspecified atom stereocenters. The third-order valence-corrected chi connectivity index (χ3v) is 12.7. The molecule has 2 aliphatic rings. The standard InChI is InChI=1S/C31H55N3O7Si/c1-10-39-28(37)24-19-17-15-13-11-12-14-16-18-23(33-29(38)40-30(2,3)4)27(36)34-21-22(20-25(34)26(35)32-24)41-42(8,9)31(5,6)7/h13,15,22-25H,10-12,14,16-21H2,1-9H3,(H,32,35)(H,33,38). The summed E-state index contributed by atoms with van der Waals surface area (Å²) in [7, 11) is -2.22. The van der Waals surface area contributed by atoms with Crippen LogP contribution >= 0.6 is 0 Å². The van der Waals surface area contributed by atoms with Gasteiger partial charge in [0.15, 0.2) is 8.32 Å². The van der Waals surface area contributed by atoms with Crippen molar-refractivity contribution in [2.24, 2.45) is 0 Å². The Morgan fingerprint density at radius 2 is 1.69 bits per heavy atom. The van der Waals surface area contributed by atoms with E-state index in [0.29, 0.717) is 25.7 Å². The van der Waals surface area contributed by atoms with Gasteiger partial charge in [0.2, 0.25) is 11.8 Å². The molecule has 42 heavy (non-hydrogen) atoms. The van der Waals surface area contributed by atoms with Gasteiger partial charge < -0.3 is 29.4 Å². The molecule has 0 aromatic rings. The Morgan fingerprint density at radius 1 is 1.02 bits per heavy atom. The molecule has 2 aliphatic heterocycles. The van der Waals surface area contributed by atoms with Gasteiger partial charge in [-0.05, 0) is 77.9 Å². The number of rotatable bonds is 5. The van der Waals surface area contributed by atoms with Crippen molar-refractivity contribution >= 4 is 32.2 Å². The van der Waals surface area contributed by atoms with Gasteiger partial charge in [-0.3, -0.25) is 9.59 Å². The predicted molar refractivity (Wildman–Crippen MR) is 165 cm³/mol. The van der Waals surface area contributed by atoms with Gasteiger partial charge in [-0.1, -0.05) is 45.8 Å². The minimum Gasteiger partial charge on any atom is -0.464 e. The van der Waals surface area contributed by atoms with Crippen LogP contribution in [0, 0.1) is 0 Å². The number of nitrogens with zero attached hydrogens (tertiary/aromatic N) is 1. The van der Waals surface area contributed by atoms with E-state index in [9.17, 15) is 19.2 Å². The highest BCUT2D eigenvalue weighted by atomic mass is 28.4. The van der Waals surface area contributed by atoms with E-state index in [1.165, 1.54) is 4.90 Å². The van der Waals surface area contributed by atoms with Crippen molar-refractivity contribution in [1.29, 1.82) is 0 Å². The Morgan fingerprint density at radius 3 is 2.31 bits per heavy atom. The first kappa shape index (κ1) is 35.8. The summed E-state index contributed by atoms with van der Waals surface area (Å²) < 4.78 is 17.4. The molecular weight excluding hydrogens is 554 g/mol. The van der Waals surface area contributed by atoms with E-state index in [2.05, 4.69) is 50.6 Å². The maximum absolute atomic E-state index is 14.1. The van der Waals surface area contributed by atoms with Crippen LogP contribution in [-0.2, 0) is 28.3 Å². The molecule has 0 bridgehead atoms. The SMILES string of the molecule is CCOC(=O)C1CCC=CCCCCCC(NC(=O)OC(C)(C)C)C(=O)N2CC(O[Si](C)(C)C(C)(C)C)CC2C(=O)N1. The van der Waals surface area contributed by atoms with Gasteiger partial charge in [0.05, 0.1) is 12.7 Å². The summed E-state index contributed by atoms with van der Waals surface area (Å²) in [6, 6.07) is -2.54. The molecule has 0 aromatic carbocycles. The van der Waals surface area contributed by atoms with Crippen LogP contribution in [0.25, 0.3) is 0 Å². The molecule has 240 valence electrons. The van der Waals surface area contributed by atoms with Gasteiger partial charge in [0.25, 0.3) is 0 Å². The fourth-order valence-electron chi connectivity index (χ4n) is 4.92. The zero-order valence-electron chi connectivity index (χ0n) is 27.3.